The number of methoxy groups -OCH3 is 2. The van der Waals surface area contributed by atoms with Gasteiger partial charge in [0.25, 0.3) is 0 Å². The summed E-state index contributed by atoms with van der Waals surface area (Å²) < 4.78 is 73.1. The first-order valence-corrected chi connectivity index (χ1v) is 42.5. The molecular formula is C91H77BrCl4MgN11O20P. The Kier molecular flexibility index (Phi) is 36.1. The minimum Gasteiger partial charge on any atom is -1.00 e. The summed E-state index contributed by atoms with van der Waals surface area (Å²) in [4.78, 5) is 124. The largest absolute Gasteiger partial charge is 2.00 e. The van der Waals surface area contributed by atoms with Crippen LogP contribution in [-0.2, 0) is 53.9 Å². The van der Waals surface area contributed by atoms with Crippen LogP contribution in [0.15, 0.2) is 271 Å². The number of nitrogens with two attached hydrogens (primary N) is 1. The van der Waals surface area contributed by atoms with Gasteiger partial charge < -0.3 is 82.9 Å². The number of hydrogen-bond donors (Lipinski definition) is 2. The normalized spacial score (nSPS) is 14.1. The molecule has 0 aliphatic carbocycles. The third kappa shape index (κ3) is 25.5. The van der Waals surface area contributed by atoms with Crippen molar-refractivity contribution in [2.75, 3.05) is 26.6 Å². The van der Waals surface area contributed by atoms with Gasteiger partial charge in [0.05, 0.1) is 57.8 Å². The fraction of sp³-hybridized carbons (Fsp3) is 0.154. The molecule has 0 bridgehead atoms. The summed E-state index contributed by atoms with van der Waals surface area (Å²) in [6.45, 7) is 5.55. The summed E-state index contributed by atoms with van der Waals surface area (Å²) in [5.74, 6) is -0.371. The van der Waals surface area contributed by atoms with Gasteiger partial charge in [-0.2, -0.15) is 49.5 Å². The van der Waals surface area contributed by atoms with Gasteiger partial charge in [-0.1, -0.05) is 142 Å². The number of aromatic nitrogens is 10. The Balaban J connectivity index is 0.000000175. The SMILES string of the molecule is C.C.CCOC(=O)c1c(C=O)nc(OC)nc1-c1ccco1.COc1nc(-c2ccco2)c2c(n1)C(Cc1ccccc1)OC2=O.Nc1nc(-c2ccco2)c2c(n1)C(Cc1ccccc1)OC2=O.O=C1OC(Cc2ccccc2)c2[nH]c(=O)nc(-c3ccco3)c21.O=C1OC(Cc2ccccc2)c2nc(Cl)nc(-c3ccco3)c21.O=P(Cl)(Cl)Cl.[Br-].[CH2-]c1ccccc1.[Mg+2]. The van der Waals surface area contributed by atoms with Crippen molar-refractivity contribution in [2.45, 2.75) is 71.9 Å². The predicted molar refractivity (Wildman–Crippen MR) is 474 cm³/mol. The number of halogens is 5. The number of H-pyrrole nitrogens is 1. The molecule has 3 N–H and O–H groups in total. The second-order valence-corrected chi connectivity index (χ2v) is 33.5. The van der Waals surface area contributed by atoms with Gasteiger partial charge in [-0.3, -0.25) is 9.36 Å². The van der Waals surface area contributed by atoms with Crippen LogP contribution in [0.25, 0.3) is 57.3 Å². The molecule has 0 saturated heterocycles. The summed E-state index contributed by atoms with van der Waals surface area (Å²) in [6.07, 6.45) is 8.03. The molecule has 129 heavy (non-hydrogen) atoms. The van der Waals surface area contributed by atoms with Crippen LogP contribution >= 0.6 is 50.5 Å². The van der Waals surface area contributed by atoms with Crippen LogP contribution in [0, 0.1) is 6.92 Å². The van der Waals surface area contributed by atoms with Crippen LogP contribution in [-0.4, -0.2) is 130 Å². The van der Waals surface area contributed by atoms with E-state index in [0.717, 1.165) is 27.8 Å². The zero-order valence-electron chi connectivity index (χ0n) is 67.0. The van der Waals surface area contributed by atoms with Crippen LogP contribution < -0.4 is 37.9 Å². The summed E-state index contributed by atoms with van der Waals surface area (Å²) in [5.41, 5.74) is 15.1. The molecule has 19 rings (SSSR count). The smallest absolute Gasteiger partial charge is 1.00 e. The van der Waals surface area contributed by atoms with E-state index in [1.807, 2.05) is 152 Å². The van der Waals surface area contributed by atoms with Crippen molar-refractivity contribution < 1.29 is 106 Å². The van der Waals surface area contributed by atoms with Crippen LogP contribution in [0.3, 0.4) is 0 Å². The van der Waals surface area contributed by atoms with Gasteiger partial charge in [-0.15, -0.1) is 12.1 Å². The number of carbonyl (C=O) groups is 6. The molecule has 4 aliphatic heterocycles. The maximum absolute atomic E-state index is 12.4. The number of furan rings is 5. The Morgan fingerprint density at radius 3 is 1.14 bits per heavy atom. The number of nitrogens with zero attached hydrogens (tertiary/aromatic N) is 9. The number of fused-ring (bicyclic) bond motifs is 4. The van der Waals surface area contributed by atoms with Crippen molar-refractivity contribution in [2.24, 2.45) is 0 Å². The van der Waals surface area contributed by atoms with E-state index in [4.69, 9.17) is 72.6 Å². The van der Waals surface area contributed by atoms with Crippen LogP contribution in [0.2, 0.25) is 5.28 Å². The predicted octanol–water partition coefficient (Wildman–Crippen LogP) is 16.6. The topological polar surface area (TPSA) is 425 Å². The van der Waals surface area contributed by atoms with Gasteiger partial charge in [-0.05, 0) is 135 Å². The number of benzene rings is 5. The van der Waals surface area contributed by atoms with Crippen molar-refractivity contribution in [1.29, 1.82) is 0 Å². The maximum Gasteiger partial charge on any atom is 2.00 e. The quantitative estimate of drug-likeness (QED) is 0.0153. The Bertz CT molecular complexity index is 6210. The van der Waals surface area contributed by atoms with Gasteiger partial charge >= 0.3 is 75.8 Å². The molecule has 0 radical (unpaired) electrons. The molecule has 0 spiro atoms. The van der Waals surface area contributed by atoms with Gasteiger partial charge in [0.2, 0.25) is 11.2 Å². The number of nitrogen functional groups attached to an aromatic ring is 1. The van der Waals surface area contributed by atoms with Crippen molar-refractivity contribution in [3.63, 3.8) is 0 Å². The molecule has 0 saturated carbocycles. The van der Waals surface area contributed by atoms with Crippen molar-refractivity contribution in [3.05, 3.63) is 350 Å². The first kappa shape index (κ1) is 99.4. The average molecular weight is 1920 g/mol. The Hall–Kier alpha value is -13.4. The number of cyclic esters (lactones) is 4. The fourth-order valence-corrected chi connectivity index (χ4v) is 13.2. The van der Waals surface area contributed by atoms with Gasteiger partial charge in [0.1, 0.15) is 103 Å². The minimum atomic E-state index is -3.22. The first-order chi connectivity index (χ1) is 60.5. The number of rotatable bonds is 18. The Morgan fingerprint density at radius 1 is 0.450 bits per heavy atom. The third-order valence-corrected chi connectivity index (χ3v) is 18.5. The minimum absolute atomic E-state index is 0. The Labute approximate surface area is 783 Å². The molecular weight excluding hydrogens is 1840 g/mol. The van der Waals surface area contributed by atoms with Crippen molar-refractivity contribution in [3.8, 4) is 69.3 Å². The molecule has 31 nitrogen and oxygen atoms in total. The van der Waals surface area contributed by atoms with E-state index in [0.29, 0.717) is 117 Å². The molecule has 0 fully saturated rings. The van der Waals surface area contributed by atoms with E-state index >= 15 is 0 Å². The fourth-order valence-electron chi connectivity index (χ4n) is 13.1. The van der Waals surface area contributed by atoms with Gasteiger partial charge in [-0.25, -0.2) is 48.7 Å². The molecule has 4 atom stereocenters. The van der Waals surface area contributed by atoms with Crippen LogP contribution in [0.1, 0.15) is 159 Å². The van der Waals surface area contributed by atoms with E-state index in [9.17, 15) is 38.1 Å². The van der Waals surface area contributed by atoms with E-state index in [1.54, 1.807) is 67.6 Å². The number of hydrogen-bond acceptors (Lipinski definition) is 30. The summed E-state index contributed by atoms with van der Waals surface area (Å²) in [7, 11) is 2.84. The monoisotopic (exact) mass is 1920 g/mol. The number of ether oxygens (including phenoxy) is 7. The number of carbonyl (C=O) groups excluding carboxylic acids is 6. The van der Waals surface area contributed by atoms with E-state index in [-0.39, 0.29) is 113 Å². The molecule has 658 valence electrons. The molecule has 15 aromatic rings. The van der Waals surface area contributed by atoms with E-state index in [1.165, 1.54) is 45.5 Å². The van der Waals surface area contributed by atoms with Gasteiger partial charge in [0, 0.05) is 25.7 Å². The van der Waals surface area contributed by atoms with Crippen molar-refractivity contribution in [1.82, 2.24) is 49.8 Å². The molecule has 4 unspecified atom stereocenters. The average Bonchev–Trinajstić information content (AvgIpc) is 1.61. The number of aromatic amines is 1. The standard InChI is InChI=1S/C18H14N2O4.C17H11ClN2O3.C17H13N3O3.C17H12N2O4.C13H12N2O5.C7H7.2CH4.BrH.Cl3OP.Mg/c1-22-18-19-15(12-8-5-9-23-12)14-16(20-18)13(24-17(14)21)10-11-6-3-2-4-7-11;2*18-17-19-14(11-7-4-8-22-11)13-15(20-17)12(23-16(13)21)9-10-5-2-1-3-6-10;20-16-13-14(11-7-4-8-22-11)18-17(21)19-15(13)12(23-16)9-10-5-2-1-3-6-10;1-3-19-12(17)10-8(7-16)14-13(18-2)15-11(10)9-5-4-6-20-9;1-7-5-3-2-4-6-7;;;;1-5(2,3)4;/h2-9,13H,10H2,1H3;1-8,12H,9H2;1-8,12H,9H2,(H2,18,19,20);1-8,12H,9H2,(H,18,19,21);4-7H,3H2,1-2H3;2-6H,1H2;2*1H4;1H;;/q;;;;;-1;;;;;+2/p-1. The van der Waals surface area contributed by atoms with E-state index in [2.05, 4.69) is 90.5 Å². The zero-order valence-corrected chi connectivity index (χ0v) is 74.0. The molecule has 5 aromatic carbocycles. The number of aldehydes is 1. The van der Waals surface area contributed by atoms with Gasteiger partial charge in [0.15, 0.2) is 35.1 Å². The molecule has 14 heterocycles. The Morgan fingerprint density at radius 2 is 0.775 bits per heavy atom. The molecule has 10 aromatic heterocycles. The number of nitrogens with one attached hydrogen (secondary N) is 1. The third-order valence-electron chi connectivity index (χ3n) is 18.3. The second-order valence-electron chi connectivity index (χ2n) is 26.6. The zero-order chi connectivity index (χ0) is 88.1. The molecule has 38 heteroatoms. The maximum atomic E-state index is 12.4. The van der Waals surface area contributed by atoms with E-state index < -0.39 is 65.2 Å². The summed E-state index contributed by atoms with van der Waals surface area (Å²) in [5, 5.41) is -3.16. The first-order valence-electron chi connectivity index (χ1n) is 37.7. The second kappa shape index (κ2) is 46.9. The van der Waals surface area contributed by atoms with Crippen LogP contribution in [0.4, 0.5) is 5.95 Å². The number of anilines is 1. The van der Waals surface area contributed by atoms with Crippen LogP contribution in [0.5, 0.6) is 12.0 Å². The molecule has 0 amide bonds. The summed E-state index contributed by atoms with van der Waals surface area (Å²) in [6, 6.07) is 65.9. The summed E-state index contributed by atoms with van der Waals surface area (Å²) >= 11 is 19.9. The number of esters is 5. The molecule has 4 aliphatic rings. The van der Waals surface area contributed by atoms with Crippen molar-refractivity contribution >= 4 is 116 Å².